The summed E-state index contributed by atoms with van der Waals surface area (Å²) in [5.41, 5.74) is 0.888. The summed E-state index contributed by atoms with van der Waals surface area (Å²) in [5, 5.41) is 5.46. The number of benzene rings is 1. The molecule has 0 aliphatic carbocycles. The van der Waals surface area contributed by atoms with Gasteiger partial charge < -0.3 is 20.1 Å². The molecule has 2 amide bonds. The van der Waals surface area contributed by atoms with Gasteiger partial charge in [-0.3, -0.25) is 4.90 Å². The summed E-state index contributed by atoms with van der Waals surface area (Å²) >= 11 is 0. The van der Waals surface area contributed by atoms with Crippen LogP contribution in [0.1, 0.15) is 12.5 Å². The molecule has 1 aliphatic rings. The lowest BCUT2D eigenvalue weighted by molar-refractivity contribution is -0.0502. The number of morpholine rings is 1. The molecule has 0 bridgehead atoms. The summed E-state index contributed by atoms with van der Waals surface area (Å²) in [6.45, 7) is 4.32. The van der Waals surface area contributed by atoms with Crippen LogP contribution in [0.15, 0.2) is 18.2 Å². The highest BCUT2D eigenvalue weighted by Gasteiger charge is 2.18. The molecule has 1 heterocycles. The molecule has 0 saturated carbocycles. The minimum atomic E-state index is -2.90. The van der Waals surface area contributed by atoms with Crippen LogP contribution in [0.5, 0.6) is 5.75 Å². The fourth-order valence-electron chi connectivity index (χ4n) is 2.53. The fraction of sp³-hybridized carbons (Fsp3) is 0.562. The Morgan fingerprint density at radius 3 is 2.75 bits per heavy atom. The first-order valence-corrected chi connectivity index (χ1v) is 7.88. The normalized spacial score (nSPS) is 16.7. The number of ether oxygens (including phenoxy) is 2. The van der Waals surface area contributed by atoms with E-state index in [4.69, 9.17) is 4.74 Å². The molecule has 1 aliphatic heterocycles. The molecule has 0 spiro atoms. The first-order chi connectivity index (χ1) is 11.5. The van der Waals surface area contributed by atoms with Gasteiger partial charge in [0.25, 0.3) is 0 Å². The van der Waals surface area contributed by atoms with Crippen molar-refractivity contribution in [2.45, 2.75) is 26.5 Å². The molecule has 0 aromatic heterocycles. The summed E-state index contributed by atoms with van der Waals surface area (Å²) in [6.07, 6.45) is 0. The summed E-state index contributed by atoms with van der Waals surface area (Å²) in [7, 11) is 0. The zero-order valence-electron chi connectivity index (χ0n) is 13.9. The second-order valence-corrected chi connectivity index (χ2v) is 5.64. The number of carbonyl (C=O) groups excluding carboxylic acids is 1. The smallest absolute Gasteiger partial charge is 0.387 e. The topological polar surface area (TPSA) is 62.8 Å². The van der Waals surface area contributed by atoms with Crippen LogP contribution in [0.3, 0.4) is 0 Å². The van der Waals surface area contributed by atoms with Crippen molar-refractivity contribution in [3.63, 3.8) is 0 Å². The van der Waals surface area contributed by atoms with Crippen LogP contribution in [0.25, 0.3) is 0 Å². The van der Waals surface area contributed by atoms with Gasteiger partial charge in [0, 0.05) is 36.9 Å². The first-order valence-electron chi connectivity index (χ1n) is 7.88. The summed E-state index contributed by atoms with van der Waals surface area (Å²) in [6, 6.07) is 4.43. The van der Waals surface area contributed by atoms with Gasteiger partial charge in [-0.05, 0) is 26.0 Å². The minimum absolute atomic E-state index is 0.0458. The largest absolute Gasteiger partial charge is 0.434 e. The van der Waals surface area contributed by atoms with Gasteiger partial charge in [0.2, 0.25) is 0 Å². The van der Waals surface area contributed by atoms with Crippen molar-refractivity contribution in [3.8, 4) is 5.75 Å². The van der Waals surface area contributed by atoms with Gasteiger partial charge in [0.1, 0.15) is 5.75 Å². The van der Waals surface area contributed by atoms with Gasteiger partial charge >= 0.3 is 12.6 Å². The third-order valence-corrected chi connectivity index (χ3v) is 3.98. The molecule has 1 saturated heterocycles. The molecule has 24 heavy (non-hydrogen) atoms. The molecular formula is C16H23F2N3O3. The molecule has 6 nitrogen and oxygen atoms in total. The van der Waals surface area contributed by atoms with E-state index in [9.17, 15) is 13.6 Å². The Morgan fingerprint density at radius 1 is 1.38 bits per heavy atom. The van der Waals surface area contributed by atoms with Crippen LogP contribution in [-0.4, -0.2) is 56.4 Å². The Balaban J connectivity index is 1.85. The molecule has 1 fully saturated rings. The molecule has 0 radical (unpaired) electrons. The van der Waals surface area contributed by atoms with Crippen molar-refractivity contribution >= 4 is 11.7 Å². The van der Waals surface area contributed by atoms with E-state index >= 15 is 0 Å². The number of urea groups is 1. The highest BCUT2D eigenvalue weighted by molar-refractivity contribution is 5.90. The average Bonchev–Trinajstić information content (AvgIpc) is 2.56. The van der Waals surface area contributed by atoms with E-state index in [0.29, 0.717) is 31.0 Å². The zero-order valence-corrected chi connectivity index (χ0v) is 13.9. The van der Waals surface area contributed by atoms with Gasteiger partial charge in [0.05, 0.1) is 13.2 Å². The number of rotatable bonds is 6. The highest BCUT2D eigenvalue weighted by Crippen LogP contribution is 2.26. The van der Waals surface area contributed by atoms with Crippen LogP contribution in [0.4, 0.5) is 19.3 Å². The van der Waals surface area contributed by atoms with E-state index < -0.39 is 6.61 Å². The lowest BCUT2D eigenvalue weighted by Crippen LogP contribution is -2.47. The lowest BCUT2D eigenvalue weighted by atomic mass is 10.2. The average molecular weight is 343 g/mol. The van der Waals surface area contributed by atoms with Crippen molar-refractivity contribution < 1.29 is 23.0 Å². The minimum Gasteiger partial charge on any atom is -0.434 e. The monoisotopic (exact) mass is 343 g/mol. The molecule has 2 rings (SSSR count). The number of hydrogen-bond donors (Lipinski definition) is 2. The Labute approximate surface area is 140 Å². The highest BCUT2D eigenvalue weighted by atomic mass is 19.3. The van der Waals surface area contributed by atoms with E-state index in [0.717, 1.165) is 13.1 Å². The van der Waals surface area contributed by atoms with E-state index in [1.54, 1.807) is 19.1 Å². The molecule has 8 heteroatoms. The Kier molecular flexibility index (Phi) is 6.74. The summed E-state index contributed by atoms with van der Waals surface area (Å²) < 4.78 is 34.4. The van der Waals surface area contributed by atoms with Crippen LogP contribution in [-0.2, 0) is 4.74 Å². The maximum Gasteiger partial charge on any atom is 0.387 e. The maximum atomic E-state index is 12.3. The van der Waals surface area contributed by atoms with Crippen molar-refractivity contribution in [3.05, 3.63) is 23.8 Å². The molecule has 1 aromatic rings. The second kappa shape index (κ2) is 8.79. The van der Waals surface area contributed by atoms with E-state index in [1.807, 2.05) is 6.92 Å². The van der Waals surface area contributed by atoms with Gasteiger partial charge in [-0.15, -0.1) is 0 Å². The number of hydrogen-bond acceptors (Lipinski definition) is 4. The number of nitrogens with one attached hydrogen (secondary N) is 2. The van der Waals surface area contributed by atoms with E-state index in [-0.39, 0.29) is 17.8 Å². The summed E-state index contributed by atoms with van der Waals surface area (Å²) in [5.74, 6) is 0.0458. The third-order valence-electron chi connectivity index (χ3n) is 3.98. The first kappa shape index (κ1) is 18.4. The summed E-state index contributed by atoms with van der Waals surface area (Å²) in [4.78, 5) is 14.3. The van der Waals surface area contributed by atoms with Crippen molar-refractivity contribution in [1.29, 1.82) is 0 Å². The number of amides is 2. The Bertz CT molecular complexity index is 551. The van der Waals surface area contributed by atoms with Gasteiger partial charge in [0.15, 0.2) is 0 Å². The molecule has 0 unspecified atom stereocenters. The number of halogens is 2. The molecular weight excluding hydrogens is 320 g/mol. The predicted octanol–water partition coefficient (Wildman–Crippen LogP) is 2.44. The van der Waals surface area contributed by atoms with E-state index in [1.165, 1.54) is 6.07 Å². The standard InChI is InChI=1S/C16H23F2N3O3/c1-11(21-6-8-23-9-7-21)10-19-16(22)20-13-4-3-5-14(12(13)2)24-15(17)18/h3-5,11,15H,6-10H2,1-2H3,(H2,19,20,22)/t11-/m1/s1. The fourth-order valence-corrected chi connectivity index (χ4v) is 2.53. The molecule has 1 atom stereocenters. The van der Waals surface area contributed by atoms with Crippen molar-refractivity contribution in [2.24, 2.45) is 0 Å². The van der Waals surface area contributed by atoms with Gasteiger partial charge in [-0.25, -0.2) is 4.79 Å². The van der Waals surface area contributed by atoms with Crippen molar-refractivity contribution in [1.82, 2.24) is 10.2 Å². The van der Waals surface area contributed by atoms with Gasteiger partial charge in [-0.1, -0.05) is 6.07 Å². The van der Waals surface area contributed by atoms with Crippen LogP contribution >= 0.6 is 0 Å². The van der Waals surface area contributed by atoms with E-state index in [2.05, 4.69) is 20.3 Å². The van der Waals surface area contributed by atoms with Crippen LogP contribution in [0, 0.1) is 6.92 Å². The van der Waals surface area contributed by atoms with Crippen molar-refractivity contribution in [2.75, 3.05) is 38.2 Å². The number of nitrogens with zero attached hydrogens (tertiary/aromatic N) is 1. The molecule has 134 valence electrons. The lowest BCUT2D eigenvalue weighted by Gasteiger charge is -2.32. The number of carbonyl (C=O) groups is 1. The Hall–Kier alpha value is -1.93. The Morgan fingerprint density at radius 2 is 2.08 bits per heavy atom. The van der Waals surface area contributed by atoms with Gasteiger partial charge in [-0.2, -0.15) is 8.78 Å². The predicted molar refractivity (Wildman–Crippen MR) is 86.7 cm³/mol. The van der Waals surface area contributed by atoms with Crippen LogP contribution < -0.4 is 15.4 Å². The quantitative estimate of drug-likeness (QED) is 0.833. The zero-order chi connectivity index (χ0) is 17.5. The molecule has 2 N–H and O–H groups in total. The number of alkyl halides is 2. The second-order valence-electron chi connectivity index (χ2n) is 5.64. The SMILES string of the molecule is Cc1c(NC(=O)NC[C@@H](C)N2CCOCC2)cccc1OC(F)F. The maximum absolute atomic E-state index is 12.3. The molecule has 1 aromatic carbocycles. The third kappa shape index (κ3) is 5.31. The van der Waals surface area contributed by atoms with Crippen LogP contribution in [0.2, 0.25) is 0 Å². The number of anilines is 1.